The van der Waals surface area contributed by atoms with E-state index in [1.165, 1.54) is 0 Å². The summed E-state index contributed by atoms with van der Waals surface area (Å²) in [7, 11) is 0. The van der Waals surface area contributed by atoms with E-state index < -0.39 is 17.8 Å². The molecule has 0 saturated carbocycles. The second-order valence-corrected chi connectivity index (χ2v) is 5.94. The standard InChI is InChI=1S/C15H16ClNO4/c16-9-3-1-8(2-4-9)7-17-14(18)12-10-5-6-11(21-10)13(12)15(19)20/h1-4,10-13H,5-7H2,(H,17,18)(H,19,20)/p-1/t10-,11+,12+,13-/m0/s1. The van der Waals surface area contributed by atoms with Crippen molar-refractivity contribution in [3.05, 3.63) is 34.9 Å². The largest absolute Gasteiger partial charge is 0.550 e. The number of carboxylic acids is 1. The van der Waals surface area contributed by atoms with E-state index in [-0.39, 0.29) is 18.1 Å². The van der Waals surface area contributed by atoms with Gasteiger partial charge in [0.05, 0.1) is 18.1 Å². The maximum atomic E-state index is 12.3. The predicted molar refractivity (Wildman–Crippen MR) is 73.2 cm³/mol. The molecule has 1 aromatic rings. The second kappa shape index (κ2) is 5.66. The van der Waals surface area contributed by atoms with Gasteiger partial charge in [0.25, 0.3) is 0 Å². The Labute approximate surface area is 127 Å². The lowest BCUT2D eigenvalue weighted by Gasteiger charge is -2.27. The first-order valence-electron chi connectivity index (χ1n) is 6.95. The third-order valence-electron chi connectivity index (χ3n) is 4.23. The Morgan fingerprint density at radius 3 is 2.43 bits per heavy atom. The molecule has 0 aromatic heterocycles. The van der Waals surface area contributed by atoms with Gasteiger partial charge >= 0.3 is 0 Å². The van der Waals surface area contributed by atoms with Crippen LogP contribution in [0.4, 0.5) is 0 Å². The van der Waals surface area contributed by atoms with Gasteiger partial charge in [-0.1, -0.05) is 23.7 Å². The summed E-state index contributed by atoms with van der Waals surface area (Å²) in [5.74, 6) is -2.98. The van der Waals surface area contributed by atoms with E-state index in [2.05, 4.69) is 5.32 Å². The quantitative estimate of drug-likeness (QED) is 0.878. The molecule has 21 heavy (non-hydrogen) atoms. The summed E-state index contributed by atoms with van der Waals surface area (Å²) in [5.41, 5.74) is 0.904. The Kier molecular flexibility index (Phi) is 3.87. The van der Waals surface area contributed by atoms with Crippen molar-refractivity contribution in [2.75, 3.05) is 0 Å². The number of halogens is 1. The molecule has 2 saturated heterocycles. The first-order valence-corrected chi connectivity index (χ1v) is 7.32. The van der Waals surface area contributed by atoms with Crippen LogP contribution in [0.15, 0.2) is 24.3 Å². The van der Waals surface area contributed by atoms with E-state index in [1.807, 2.05) is 12.1 Å². The van der Waals surface area contributed by atoms with Crippen LogP contribution in [-0.2, 0) is 20.9 Å². The van der Waals surface area contributed by atoms with E-state index >= 15 is 0 Å². The summed E-state index contributed by atoms with van der Waals surface area (Å²) in [6.45, 7) is 0.337. The number of fused-ring (bicyclic) bond motifs is 2. The van der Waals surface area contributed by atoms with Crippen LogP contribution < -0.4 is 10.4 Å². The molecule has 2 aliphatic heterocycles. The molecular formula is C15H15ClNO4-. The van der Waals surface area contributed by atoms with Crippen molar-refractivity contribution in [1.82, 2.24) is 5.32 Å². The smallest absolute Gasteiger partial charge is 0.226 e. The highest BCUT2D eigenvalue weighted by Crippen LogP contribution is 2.43. The van der Waals surface area contributed by atoms with Crippen molar-refractivity contribution < 1.29 is 19.4 Å². The average Bonchev–Trinajstić information content (AvgIpc) is 3.06. The van der Waals surface area contributed by atoms with Gasteiger partial charge in [0.2, 0.25) is 5.91 Å². The Morgan fingerprint density at radius 1 is 1.19 bits per heavy atom. The van der Waals surface area contributed by atoms with Gasteiger partial charge in [-0.3, -0.25) is 4.79 Å². The SMILES string of the molecule is O=C([O-])[C@@H]1[C@H](C(=O)NCc2ccc(Cl)cc2)[C@@H]2CC[C@H]1O2. The molecule has 1 N–H and O–H groups in total. The summed E-state index contributed by atoms with van der Waals surface area (Å²) in [6.07, 6.45) is 0.729. The van der Waals surface area contributed by atoms with Crippen LogP contribution in [0.2, 0.25) is 5.02 Å². The molecule has 6 heteroatoms. The molecule has 2 aliphatic rings. The van der Waals surface area contributed by atoms with Crippen molar-refractivity contribution in [2.24, 2.45) is 11.8 Å². The van der Waals surface area contributed by atoms with Crippen molar-refractivity contribution in [3.63, 3.8) is 0 Å². The number of ether oxygens (including phenoxy) is 1. The first-order chi connectivity index (χ1) is 10.1. The van der Waals surface area contributed by atoms with Gasteiger partial charge in [-0.15, -0.1) is 0 Å². The van der Waals surface area contributed by atoms with E-state index in [4.69, 9.17) is 16.3 Å². The zero-order valence-corrected chi connectivity index (χ0v) is 12.0. The second-order valence-electron chi connectivity index (χ2n) is 5.51. The number of hydrogen-bond donors (Lipinski definition) is 1. The fourth-order valence-corrected chi connectivity index (χ4v) is 3.35. The molecule has 1 amide bonds. The third kappa shape index (κ3) is 2.76. The van der Waals surface area contributed by atoms with Gasteiger partial charge in [0.1, 0.15) is 0 Å². The summed E-state index contributed by atoms with van der Waals surface area (Å²) in [5, 5.41) is 14.6. The molecule has 3 rings (SSSR count). The van der Waals surface area contributed by atoms with Crippen molar-refractivity contribution in [2.45, 2.75) is 31.6 Å². The lowest BCUT2D eigenvalue weighted by molar-refractivity contribution is -0.314. The topological polar surface area (TPSA) is 78.5 Å². The highest BCUT2D eigenvalue weighted by molar-refractivity contribution is 6.30. The monoisotopic (exact) mass is 308 g/mol. The number of amides is 1. The number of benzene rings is 1. The Balaban J connectivity index is 1.64. The fourth-order valence-electron chi connectivity index (χ4n) is 3.22. The Bertz CT molecular complexity index is 559. The average molecular weight is 309 g/mol. The van der Waals surface area contributed by atoms with E-state index in [1.54, 1.807) is 12.1 Å². The van der Waals surface area contributed by atoms with Crippen LogP contribution in [0.3, 0.4) is 0 Å². The zero-order chi connectivity index (χ0) is 15.0. The minimum atomic E-state index is -1.20. The van der Waals surface area contributed by atoms with Crippen molar-refractivity contribution in [3.8, 4) is 0 Å². The minimum absolute atomic E-state index is 0.286. The molecule has 2 heterocycles. The summed E-state index contributed by atoms with van der Waals surface area (Å²) >= 11 is 5.80. The van der Waals surface area contributed by atoms with Crippen LogP contribution >= 0.6 is 11.6 Å². The molecule has 2 bridgehead atoms. The van der Waals surface area contributed by atoms with E-state index in [0.717, 1.165) is 12.0 Å². The summed E-state index contributed by atoms with van der Waals surface area (Å²) in [4.78, 5) is 23.5. The van der Waals surface area contributed by atoms with Gasteiger partial charge in [0, 0.05) is 23.5 Å². The molecule has 4 atom stereocenters. The number of carbonyl (C=O) groups excluding carboxylic acids is 2. The van der Waals surface area contributed by atoms with Gasteiger partial charge < -0.3 is 20.0 Å². The van der Waals surface area contributed by atoms with Gasteiger partial charge in [-0.25, -0.2) is 0 Å². The molecule has 0 spiro atoms. The fraction of sp³-hybridized carbons (Fsp3) is 0.467. The Hall–Kier alpha value is -1.59. The number of aliphatic carboxylic acids is 1. The number of carbonyl (C=O) groups is 2. The molecule has 0 radical (unpaired) electrons. The van der Waals surface area contributed by atoms with E-state index in [9.17, 15) is 14.7 Å². The van der Waals surface area contributed by atoms with Gasteiger partial charge in [0.15, 0.2) is 0 Å². The zero-order valence-electron chi connectivity index (χ0n) is 11.3. The number of nitrogens with one attached hydrogen (secondary N) is 1. The lowest BCUT2D eigenvalue weighted by atomic mass is 9.78. The molecule has 112 valence electrons. The van der Waals surface area contributed by atoms with Crippen LogP contribution in [0, 0.1) is 11.8 Å². The highest BCUT2D eigenvalue weighted by Gasteiger charge is 2.52. The summed E-state index contributed by atoms with van der Waals surface area (Å²) in [6, 6.07) is 7.12. The molecule has 0 aliphatic carbocycles. The lowest BCUT2D eigenvalue weighted by Crippen LogP contribution is -2.48. The van der Waals surface area contributed by atoms with Crippen LogP contribution in [-0.4, -0.2) is 24.1 Å². The Morgan fingerprint density at radius 2 is 1.81 bits per heavy atom. The predicted octanol–water partition coefficient (Wildman–Crippen LogP) is 0.500. The maximum absolute atomic E-state index is 12.3. The van der Waals surface area contributed by atoms with Gasteiger partial charge in [-0.05, 0) is 30.5 Å². The van der Waals surface area contributed by atoms with Crippen LogP contribution in [0.1, 0.15) is 18.4 Å². The van der Waals surface area contributed by atoms with Crippen molar-refractivity contribution in [1.29, 1.82) is 0 Å². The normalized spacial score (nSPS) is 30.3. The number of hydrogen-bond acceptors (Lipinski definition) is 4. The summed E-state index contributed by atoms with van der Waals surface area (Å²) < 4.78 is 5.55. The maximum Gasteiger partial charge on any atom is 0.226 e. The highest BCUT2D eigenvalue weighted by atomic mass is 35.5. The molecule has 0 unspecified atom stereocenters. The third-order valence-corrected chi connectivity index (χ3v) is 4.48. The number of rotatable bonds is 4. The van der Waals surface area contributed by atoms with Crippen molar-refractivity contribution >= 4 is 23.5 Å². The first kappa shape index (κ1) is 14.4. The van der Waals surface area contributed by atoms with Crippen LogP contribution in [0.5, 0.6) is 0 Å². The van der Waals surface area contributed by atoms with Crippen LogP contribution in [0.25, 0.3) is 0 Å². The minimum Gasteiger partial charge on any atom is -0.550 e. The van der Waals surface area contributed by atoms with Gasteiger partial charge in [-0.2, -0.15) is 0 Å². The molecule has 2 fully saturated rings. The molecule has 5 nitrogen and oxygen atoms in total. The van der Waals surface area contributed by atoms with E-state index in [0.29, 0.717) is 18.0 Å². The molecule has 1 aromatic carbocycles. The molecular weight excluding hydrogens is 294 g/mol. The number of carboxylic acid groups (broad SMARTS) is 1.